The van der Waals surface area contributed by atoms with Crippen LogP contribution in [0.25, 0.3) is 5.65 Å². The topological polar surface area (TPSA) is 81.3 Å². The third-order valence-corrected chi connectivity index (χ3v) is 5.23. The van der Waals surface area contributed by atoms with Crippen LogP contribution in [0.3, 0.4) is 0 Å². The third-order valence-electron chi connectivity index (χ3n) is 3.95. The highest BCUT2D eigenvalue weighted by Gasteiger charge is 2.16. The first-order valence-corrected chi connectivity index (χ1v) is 9.63. The molecule has 0 fully saturated rings. The predicted octanol–water partition coefficient (Wildman–Crippen LogP) is 3.47. The number of amides is 1. The molecule has 0 aliphatic rings. The number of nitrogens with one attached hydrogen (secondary N) is 1. The highest BCUT2D eigenvalue weighted by molar-refractivity contribution is 7.99. The summed E-state index contributed by atoms with van der Waals surface area (Å²) in [6, 6.07) is 13.8. The van der Waals surface area contributed by atoms with Crippen LogP contribution >= 0.6 is 23.4 Å². The van der Waals surface area contributed by atoms with E-state index in [2.05, 4.69) is 15.4 Å². The minimum absolute atomic E-state index is 0.0682. The zero-order valence-corrected chi connectivity index (χ0v) is 16.3. The second-order valence-corrected chi connectivity index (χ2v) is 7.40. The van der Waals surface area contributed by atoms with Gasteiger partial charge < -0.3 is 5.32 Å². The Morgan fingerprint density at radius 3 is 2.76 bits per heavy atom. The van der Waals surface area contributed by atoms with E-state index in [0.29, 0.717) is 10.7 Å². The van der Waals surface area contributed by atoms with Crippen molar-refractivity contribution in [1.29, 1.82) is 0 Å². The molecule has 0 bridgehead atoms. The number of fused-ring (bicyclic) bond motifs is 1. The Bertz CT molecular complexity index is 1260. The zero-order chi connectivity index (χ0) is 20.4. The van der Waals surface area contributed by atoms with Crippen LogP contribution in [0.1, 0.15) is 0 Å². The number of hydrogen-bond acceptors (Lipinski definition) is 5. The van der Waals surface area contributed by atoms with E-state index in [1.807, 2.05) is 30.3 Å². The lowest BCUT2D eigenvalue weighted by Crippen LogP contribution is -2.28. The third kappa shape index (κ3) is 4.01. The van der Waals surface area contributed by atoms with Crippen molar-refractivity contribution in [3.05, 3.63) is 82.2 Å². The van der Waals surface area contributed by atoms with E-state index in [1.165, 1.54) is 46.8 Å². The lowest BCUT2D eigenvalue weighted by Gasteiger charge is -2.06. The van der Waals surface area contributed by atoms with Gasteiger partial charge >= 0.3 is 5.69 Å². The minimum atomic E-state index is -0.740. The quantitative estimate of drug-likeness (QED) is 0.525. The van der Waals surface area contributed by atoms with Gasteiger partial charge in [-0.25, -0.2) is 23.3 Å². The van der Waals surface area contributed by atoms with E-state index in [4.69, 9.17) is 11.6 Å². The van der Waals surface area contributed by atoms with Crippen LogP contribution in [-0.2, 0) is 11.3 Å². The molecule has 7 nitrogen and oxygen atoms in total. The first-order chi connectivity index (χ1) is 14.0. The fourth-order valence-corrected chi connectivity index (χ4v) is 3.66. The molecule has 2 heterocycles. The zero-order valence-electron chi connectivity index (χ0n) is 14.8. The van der Waals surface area contributed by atoms with Crippen LogP contribution in [0.2, 0.25) is 5.02 Å². The largest absolute Gasteiger partial charge is 0.350 e. The molecule has 0 aliphatic heterocycles. The summed E-state index contributed by atoms with van der Waals surface area (Å²) in [7, 11) is 0. The summed E-state index contributed by atoms with van der Waals surface area (Å²) in [5, 5.41) is 7.04. The van der Waals surface area contributed by atoms with Crippen LogP contribution in [0.15, 0.2) is 75.6 Å². The van der Waals surface area contributed by atoms with Crippen LogP contribution in [0, 0.1) is 5.82 Å². The Balaban J connectivity index is 1.60. The van der Waals surface area contributed by atoms with Crippen LogP contribution in [0.4, 0.5) is 10.1 Å². The van der Waals surface area contributed by atoms with E-state index < -0.39 is 17.4 Å². The normalized spacial score (nSPS) is 11.0. The number of benzene rings is 2. The van der Waals surface area contributed by atoms with Crippen LogP contribution in [-0.4, -0.2) is 25.1 Å². The second-order valence-electron chi connectivity index (χ2n) is 5.93. The summed E-state index contributed by atoms with van der Waals surface area (Å²) in [6.07, 6.45) is 2.97. The van der Waals surface area contributed by atoms with Crippen LogP contribution < -0.4 is 11.0 Å². The lowest BCUT2D eigenvalue weighted by molar-refractivity contribution is -0.117. The Hall–Kier alpha value is -3.17. The lowest BCUT2D eigenvalue weighted by atomic mass is 10.3. The first-order valence-electron chi connectivity index (χ1n) is 8.44. The Morgan fingerprint density at radius 1 is 1.17 bits per heavy atom. The van der Waals surface area contributed by atoms with E-state index in [-0.39, 0.29) is 17.3 Å². The van der Waals surface area contributed by atoms with Gasteiger partial charge in [0.05, 0.1) is 10.7 Å². The molecule has 4 aromatic rings. The van der Waals surface area contributed by atoms with Crippen molar-refractivity contribution >= 4 is 40.6 Å². The van der Waals surface area contributed by atoms with E-state index >= 15 is 0 Å². The molecule has 1 N–H and O–H groups in total. The summed E-state index contributed by atoms with van der Waals surface area (Å²) < 4.78 is 16.3. The minimum Gasteiger partial charge on any atom is -0.322 e. The van der Waals surface area contributed by atoms with Gasteiger partial charge in [-0.3, -0.25) is 4.79 Å². The van der Waals surface area contributed by atoms with Crippen molar-refractivity contribution < 1.29 is 9.18 Å². The summed E-state index contributed by atoms with van der Waals surface area (Å²) in [5.41, 5.74) is -0.242. The Kier molecular flexibility index (Phi) is 5.32. The molecular weight excluding hydrogens is 417 g/mol. The number of carbonyl (C=O) groups excluding carboxylic acids is 1. The van der Waals surface area contributed by atoms with Crippen molar-refractivity contribution in [2.24, 2.45) is 0 Å². The fourth-order valence-electron chi connectivity index (χ4n) is 2.63. The van der Waals surface area contributed by atoms with Gasteiger partial charge in [-0.1, -0.05) is 47.6 Å². The number of rotatable bonds is 5. The number of carbonyl (C=O) groups is 1. The summed E-state index contributed by atoms with van der Waals surface area (Å²) in [6.45, 7) is -0.387. The van der Waals surface area contributed by atoms with Crippen molar-refractivity contribution in [2.75, 3.05) is 5.32 Å². The fraction of sp³-hybridized carbons (Fsp3) is 0.0526. The average molecular weight is 430 g/mol. The molecule has 2 aromatic heterocycles. The van der Waals surface area contributed by atoms with Crippen molar-refractivity contribution in [2.45, 2.75) is 16.5 Å². The molecule has 29 heavy (non-hydrogen) atoms. The molecule has 146 valence electrons. The molecule has 0 unspecified atom stereocenters. The van der Waals surface area contributed by atoms with Crippen LogP contribution in [0.5, 0.6) is 0 Å². The SMILES string of the molecule is O=C(Cn1nc2c(Sc3ccccc3)nccn2c1=O)Nc1cccc(Cl)c1F. The number of aromatic nitrogens is 4. The van der Waals surface area contributed by atoms with Gasteiger partial charge in [-0.15, -0.1) is 5.10 Å². The molecule has 0 saturated heterocycles. The number of anilines is 1. The average Bonchev–Trinajstić information content (AvgIpc) is 3.03. The van der Waals surface area contributed by atoms with Gasteiger partial charge in [0.25, 0.3) is 0 Å². The molecule has 0 aliphatic carbocycles. The number of hydrogen-bond donors (Lipinski definition) is 1. The second kappa shape index (κ2) is 8.06. The molecular formula is C19H13ClFN5O2S. The number of nitrogens with zero attached hydrogens (tertiary/aromatic N) is 4. The van der Waals surface area contributed by atoms with E-state index in [9.17, 15) is 14.0 Å². The van der Waals surface area contributed by atoms with Crippen molar-refractivity contribution in [3.8, 4) is 0 Å². The van der Waals surface area contributed by atoms with Gasteiger partial charge in [0, 0.05) is 17.3 Å². The van der Waals surface area contributed by atoms with Gasteiger partial charge in [-0.2, -0.15) is 0 Å². The van der Waals surface area contributed by atoms with Crippen molar-refractivity contribution in [1.82, 2.24) is 19.2 Å². The highest BCUT2D eigenvalue weighted by Crippen LogP contribution is 2.27. The highest BCUT2D eigenvalue weighted by atomic mass is 35.5. The van der Waals surface area contributed by atoms with Gasteiger partial charge in [0.2, 0.25) is 5.91 Å². The summed E-state index contributed by atoms with van der Waals surface area (Å²) in [5.74, 6) is -1.35. The smallest absolute Gasteiger partial charge is 0.322 e. The molecule has 0 atom stereocenters. The molecule has 0 saturated carbocycles. The molecule has 2 aromatic carbocycles. The summed E-state index contributed by atoms with van der Waals surface area (Å²) in [4.78, 5) is 30.1. The van der Waals surface area contributed by atoms with Gasteiger partial charge in [-0.05, 0) is 24.3 Å². The molecule has 1 amide bonds. The van der Waals surface area contributed by atoms with E-state index in [0.717, 1.165) is 9.58 Å². The summed E-state index contributed by atoms with van der Waals surface area (Å²) >= 11 is 7.07. The Labute approximate surface area is 173 Å². The molecule has 0 spiro atoms. The predicted molar refractivity (Wildman–Crippen MR) is 108 cm³/mol. The van der Waals surface area contributed by atoms with E-state index in [1.54, 1.807) is 0 Å². The molecule has 0 radical (unpaired) electrons. The first kappa shape index (κ1) is 19.2. The molecule has 10 heteroatoms. The molecule has 4 rings (SSSR count). The van der Waals surface area contributed by atoms with Gasteiger partial charge in [0.1, 0.15) is 11.6 Å². The van der Waals surface area contributed by atoms with Crippen molar-refractivity contribution in [3.63, 3.8) is 0 Å². The maximum absolute atomic E-state index is 14.0. The maximum Gasteiger partial charge on any atom is 0.350 e. The standard InChI is InChI=1S/C19H13ClFN5O2S/c20-13-7-4-8-14(16(13)21)23-15(27)11-26-19(28)25-10-9-22-18(17(25)24-26)29-12-5-2-1-3-6-12/h1-10H,11H2,(H,23,27). The van der Waals surface area contributed by atoms with Gasteiger partial charge in [0.15, 0.2) is 11.5 Å². The maximum atomic E-state index is 14.0. The number of halogens is 2. The monoisotopic (exact) mass is 429 g/mol. The Morgan fingerprint density at radius 2 is 1.97 bits per heavy atom.